The van der Waals surface area contributed by atoms with Crippen LogP contribution in [0.1, 0.15) is 37.6 Å². The molecule has 0 aliphatic carbocycles. The van der Waals surface area contributed by atoms with Crippen molar-refractivity contribution in [2.45, 2.75) is 32.7 Å². The first kappa shape index (κ1) is 11.5. The molecule has 2 nitrogen and oxygen atoms in total. The molecule has 0 saturated heterocycles. The molecular weight excluding hydrogens is 194 g/mol. The van der Waals surface area contributed by atoms with E-state index in [-0.39, 0.29) is 6.04 Å². The van der Waals surface area contributed by atoms with Crippen LogP contribution in [0.3, 0.4) is 0 Å². The van der Waals surface area contributed by atoms with E-state index in [2.05, 4.69) is 13.8 Å². The standard InChI is InChI=1S/C11H19NOS/c1-8(2)4-5-10(12)11-6-9(13-3)7-14-11/h6-8,10H,4-5,12H2,1-3H3. The summed E-state index contributed by atoms with van der Waals surface area (Å²) in [5.74, 6) is 1.65. The van der Waals surface area contributed by atoms with E-state index < -0.39 is 0 Å². The number of rotatable bonds is 5. The highest BCUT2D eigenvalue weighted by atomic mass is 32.1. The van der Waals surface area contributed by atoms with E-state index in [9.17, 15) is 0 Å². The summed E-state index contributed by atoms with van der Waals surface area (Å²) in [5.41, 5.74) is 6.07. The number of thiophene rings is 1. The molecule has 0 fully saturated rings. The monoisotopic (exact) mass is 213 g/mol. The Labute approximate surface area is 90.1 Å². The largest absolute Gasteiger partial charge is 0.496 e. The normalized spacial score (nSPS) is 13.2. The lowest BCUT2D eigenvalue weighted by Gasteiger charge is -2.10. The molecule has 0 amide bonds. The molecule has 1 heterocycles. The van der Waals surface area contributed by atoms with Gasteiger partial charge in [-0.3, -0.25) is 0 Å². The maximum atomic E-state index is 6.07. The van der Waals surface area contributed by atoms with Crippen molar-refractivity contribution in [3.05, 3.63) is 16.3 Å². The molecule has 1 aromatic heterocycles. The molecule has 0 saturated carbocycles. The predicted molar refractivity (Wildman–Crippen MR) is 61.9 cm³/mol. The zero-order chi connectivity index (χ0) is 10.6. The van der Waals surface area contributed by atoms with Gasteiger partial charge in [0, 0.05) is 16.3 Å². The first-order valence-electron chi connectivity index (χ1n) is 5.01. The second-order valence-corrected chi connectivity index (χ2v) is 4.91. The third kappa shape index (κ3) is 3.31. The van der Waals surface area contributed by atoms with Gasteiger partial charge in [0.25, 0.3) is 0 Å². The van der Waals surface area contributed by atoms with Crippen molar-refractivity contribution in [3.63, 3.8) is 0 Å². The third-order valence-corrected chi connectivity index (χ3v) is 3.29. The van der Waals surface area contributed by atoms with E-state index in [1.54, 1.807) is 18.4 Å². The maximum absolute atomic E-state index is 6.07. The lowest BCUT2D eigenvalue weighted by molar-refractivity contribution is 0.416. The minimum Gasteiger partial charge on any atom is -0.496 e. The average molecular weight is 213 g/mol. The highest BCUT2D eigenvalue weighted by Crippen LogP contribution is 2.28. The fourth-order valence-corrected chi connectivity index (χ4v) is 2.18. The van der Waals surface area contributed by atoms with Crippen LogP contribution in [0.25, 0.3) is 0 Å². The summed E-state index contributed by atoms with van der Waals surface area (Å²) >= 11 is 1.68. The van der Waals surface area contributed by atoms with Gasteiger partial charge in [-0.2, -0.15) is 0 Å². The Morgan fingerprint density at radius 3 is 2.64 bits per heavy atom. The first-order valence-corrected chi connectivity index (χ1v) is 5.89. The Morgan fingerprint density at radius 1 is 1.43 bits per heavy atom. The smallest absolute Gasteiger partial charge is 0.129 e. The van der Waals surface area contributed by atoms with Gasteiger partial charge in [-0.25, -0.2) is 0 Å². The number of hydrogen-bond acceptors (Lipinski definition) is 3. The fourth-order valence-electron chi connectivity index (χ4n) is 1.29. The van der Waals surface area contributed by atoms with Crippen LogP contribution in [0.15, 0.2) is 11.4 Å². The van der Waals surface area contributed by atoms with Crippen molar-refractivity contribution in [1.82, 2.24) is 0 Å². The van der Waals surface area contributed by atoms with Crippen molar-refractivity contribution in [2.24, 2.45) is 11.7 Å². The molecule has 0 aromatic carbocycles. The Kier molecular flexibility index (Phi) is 4.42. The topological polar surface area (TPSA) is 35.2 Å². The molecule has 0 radical (unpaired) electrons. The Hall–Kier alpha value is -0.540. The second kappa shape index (κ2) is 5.37. The van der Waals surface area contributed by atoms with Crippen LogP contribution in [0.4, 0.5) is 0 Å². The fraction of sp³-hybridized carbons (Fsp3) is 0.636. The van der Waals surface area contributed by atoms with Crippen molar-refractivity contribution < 1.29 is 4.74 Å². The first-order chi connectivity index (χ1) is 6.63. The Bertz CT molecular complexity index is 270. The zero-order valence-electron chi connectivity index (χ0n) is 9.12. The number of hydrogen-bond donors (Lipinski definition) is 1. The zero-order valence-corrected chi connectivity index (χ0v) is 9.93. The lowest BCUT2D eigenvalue weighted by Crippen LogP contribution is -2.09. The molecule has 14 heavy (non-hydrogen) atoms. The van der Waals surface area contributed by atoms with Crippen LogP contribution in [0.2, 0.25) is 0 Å². The summed E-state index contributed by atoms with van der Waals surface area (Å²) in [7, 11) is 1.69. The van der Waals surface area contributed by atoms with Gasteiger partial charge >= 0.3 is 0 Å². The third-order valence-electron chi connectivity index (χ3n) is 2.25. The minimum absolute atomic E-state index is 0.172. The molecule has 1 rings (SSSR count). The molecule has 2 N–H and O–H groups in total. The van der Waals surface area contributed by atoms with E-state index in [0.29, 0.717) is 0 Å². The molecule has 1 aromatic rings. The van der Waals surface area contributed by atoms with Crippen LogP contribution in [0, 0.1) is 5.92 Å². The molecule has 1 atom stereocenters. The number of methoxy groups -OCH3 is 1. The molecule has 0 spiro atoms. The SMILES string of the molecule is COc1csc(C(N)CCC(C)C)c1. The molecule has 0 bridgehead atoms. The minimum atomic E-state index is 0.172. The van der Waals surface area contributed by atoms with Crippen molar-refractivity contribution in [2.75, 3.05) is 7.11 Å². The number of nitrogens with two attached hydrogens (primary N) is 1. The molecule has 0 aliphatic rings. The maximum Gasteiger partial charge on any atom is 0.129 e. The second-order valence-electron chi connectivity index (χ2n) is 3.97. The van der Waals surface area contributed by atoms with Gasteiger partial charge in [-0.15, -0.1) is 11.3 Å². The van der Waals surface area contributed by atoms with E-state index in [1.807, 2.05) is 11.4 Å². The summed E-state index contributed by atoms with van der Waals surface area (Å²) in [4.78, 5) is 1.22. The molecular formula is C11H19NOS. The van der Waals surface area contributed by atoms with Crippen LogP contribution >= 0.6 is 11.3 Å². The van der Waals surface area contributed by atoms with E-state index >= 15 is 0 Å². The van der Waals surface area contributed by atoms with Crippen LogP contribution in [-0.2, 0) is 0 Å². The van der Waals surface area contributed by atoms with Gasteiger partial charge in [0.05, 0.1) is 7.11 Å². The van der Waals surface area contributed by atoms with Crippen LogP contribution < -0.4 is 10.5 Å². The van der Waals surface area contributed by atoms with Gasteiger partial charge in [-0.1, -0.05) is 13.8 Å². The van der Waals surface area contributed by atoms with Crippen LogP contribution in [0.5, 0.6) is 5.75 Å². The summed E-state index contributed by atoms with van der Waals surface area (Å²) < 4.78 is 5.13. The van der Waals surface area contributed by atoms with Gasteiger partial charge in [0.15, 0.2) is 0 Å². The molecule has 3 heteroatoms. The lowest BCUT2D eigenvalue weighted by atomic mass is 10.0. The predicted octanol–water partition coefficient (Wildman–Crippen LogP) is 3.19. The van der Waals surface area contributed by atoms with Gasteiger partial charge in [-0.05, 0) is 24.8 Å². The average Bonchev–Trinajstić information content (AvgIpc) is 2.62. The summed E-state index contributed by atoms with van der Waals surface area (Å²) in [6.07, 6.45) is 2.24. The van der Waals surface area contributed by atoms with E-state index in [1.165, 1.54) is 11.3 Å². The highest BCUT2D eigenvalue weighted by molar-refractivity contribution is 7.10. The molecule has 80 valence electrons. The van der Waals surface area contributed by atoms with E-state index in [4.69, 9.17) is 10.5 Å². The van der Waals surface area contributed by atoms with Gasteiger partial charge in [0.1, 0.15) is 5.75 Å². The Morgan fingerprint density at radius 2 is 2.14 bits per heavy atom. The van der Waals surface area contributed by atoms with Crippen molar-refractivity contribution >= 4 is 11.3 Å². The van der Waals surface area contributed by atoms with Gasteiger partial charge < -0.3 is 10.5 Å². The Balaban J connectivity index is 2.47. The quantitative estimate of drug-likeness (QED) is 0.815. The molecule has 1 unspecified atom stereocenters. The van der Waals surface area contributed by atoms with E-state index in [0.717, 1.165) is 18.1 Å². The van der Waals surface area contributed by atoms with Crippen molar-refractivity contribution in [1.29, 1.82) is 0 Å². The molecule has 0 aliphatic heterocycles. The summed E-state index contributed by atoms with van der Waals surface area (Å²) in [5, 5.41) is 2.00. The highest BCUT2D eigenvalue weighted by Gasteiger charge is 2.09. The summed E-state index contributed by atoms with van der Waals surface area (Å²) in [6.45, 7) is 4.45. The van der Waals surface area contributed by atoms with Crippen LogP contribution in [-0.4, -0.2) is 7.11 Å². The summed E-state index contributed by atoms with van der Waals surface area (Å²) in [6, 6.07) is 2.21. The van der Waals surface area contributed by atoms with Gasteiger partial charge in [0.2, 0.25) is 0 Å². The van der Waals surface area contributed by atoms with Crippen molar-refractivity contribution in [3.8, 4) is 5.75 Å². The number of ether oxygens (including phenoxy) is 1.